The summed E-state index contributed by atoms with van der Waals surface area (Å²) in [5, 5.41) is 0. The van der Waals surface area contributed by atoms with Crippen molar-refractivity contribution < 1.29 is 0 Å². The second-order valence-electron chi connectivity index (χ2n) is 13.2. The van der Waals surface area contributed by atoms with E-state index in [2.05, 4.69) is 165 Å². The molecular weight excluding hydrogens is 567 g/mol. The molecule has 0 spiro atoms. The molecule has 6 rings (SSSR count). The van der Waals surface area contributed by atoms with Gasteiger partial charge < -0.3 is 4.90 Å². The lowest BCUT2D eigenvalue weighted by atomic mass is 9.89. The number of rotatable bonds is 13. The van der Waals surface area contributed by atoms with Crippen LogP contribution in [0.5, 0.6) is 0 Å². The standard InChI is InChI=1S/C46H49N/c1-4-6-11-36-14-16-38(17-15-36)34-39-18-22-40(23-19-39)41-24-26-42(27-25-41)43-28-32-45(33-29-43)47(46-13-9-8-10-35(46)3)44-30-20-37(21-31-44)12-7-5-2/h8-10,13-16,18-33,38H,4-7,11-12,17,34H2,1-3H3. The zero-order valence-electron chi connectivity index (χ0n) is 28.5. The normalized spacial score (nSPS) is 14.2. The van der Waals surface area contributed by atoms with E-state index >= 15 is 0 Å². The van der Waals surface area contributed by atoms with Crippen molar-refractivity contribution in [3.05, 3.63) is 162 Å². The Hall–Kier alpha value is -4.62. The Balaban J connectivity index is 1.14. The van der Waals surface area contributed by atoms with Crippen molar-refractivity contribution >= 4 is 17.1 Å². The fraction of sp³-hybridized carbons (Fsp3) is 0.261. The maximum absolute atomic E-state index is 2.46. The van der Waals surface area contributed by atoms with Crippen molar-refractivity contribution in [3.63, 3.8) is 0 Å². The molecule has 0 amide bonds. The van der Waals surface area contributed by atoms with E-state index in [1.165, 1.54) is 88.0 Å². The van der Waals surface area contributed by atoms with Crippen LogP contribution in [-0.4, -0.2) is 0 Å². The first-order valence-electron chi connectivity index (χ1n) is 17.7. The Kier molecular flexibility index (Phi) is 10.9. The van der Waals surface area contributed by atoms with Gasteiger partial charge >= 0.3 is 0 Å². The summed E-state index contributed by atoms with van der Waals surface area (Å²) in [5.74, 6) is 0.608. The molecule has 0 radical (unpaired) electrons. The van der Waals surface area contributed by atoms with Gasteiger partial charge in [0.1, 0.15) is 0 Å². The van der Waals surface area contributed by atoms with Crippen molar-refractivity contribution in [1.29, 1.82) is 0 Å². The molecule has 1 nitrogen and oxygen atoms in total. The first-order chi connectivity index (χ1) is 23.1. The van der Waals surface area contributed by atoms with Crippen LogP contribution in [0, 0.1) is 12.8 Å². The first kappa shape index (κ1) is 32.3. The van der Waals surface area contributed by atoms with Crippen LogP contribution in [0.3, 0.4) is 0 Å². The van der Waals surface area contributed by atoms with E-state index in [9.17, 15) is 0 Å². The lowest BCUT2D eigenvalue weighted by molar-refractivity contribution is 0.643. The molecule has 5 aromatic rings. The minimum Gasteiger partial charge on any atom is -0.310 e. The maximum atomic E-state index is 2.46. The van der Waals surface area contributed by atoms with E-state index in [-0.39, 0.29) is 0 Å². The average molecular weight is 616 g/mol. The summed E-state index contributed by atoms with van der Waals surface area (Å²) in [7, 11) is 0. The third-order valence-electron chi connectivity index (χ3n) is 9.58. The lowest BCUT2D eigenvalue weighted by Crippen LogP contribution is -2.11. The highest BCUT2D eigenvalue weighted by molar-refractivity contribution is 5.80. The Labute approximate surface area is 283 Å². The fourth-order valence-electron chi connectivity index (χ4n) is 6.65. The molecule has 0 fully saturated rings. The van der Waals surface area contributed by atoms with Crippen LogP contribution in [-0.2, 0) is 12.8 Å². The third kappa shape index (κ3) is 8.22. The molecule has 0 aromatic heterocycles. The number of nitrogens with zero attached hydrogens (tertiary/aromatic N) is 1. The summed E-state index contributed by atoms with van der Waals surface area (Å²) < 4.78 is 0. The SMILES string of the molecule is CCCCC1=CCC(Cc2ccc(-c3ccc(-c4ccc(N(c5ccc(CCCC)cc5)c5ccccc5C)cc4)cc3)cc2)C=C1. The van der Waals surface area contributed by atoms with E-state index in [1.807, 2.05) is 0 Å². The number of benzene rings is 5. The van der Waals surface area contributed by atoms with Gasteiger partial charge in [0.05, 0.1) is 0 Å². The molecule has 238 valence electrons. The smallest absolute Gasteiger partial charge is 0.0490 e. The molecule has 1 aliphatic carbocycles. The van der Waals surface area contributed by atoms with E-state index in [0.29, 0.717) is 5.92 Å². The van der Waals surface area contributed by atoms with Gasteiger partial charge in [0.15, 0.2) is 0 Å². The Morgan fingerprint density at radius 2 is 1.09 bits per heavy atom. The number of hydrogen-bond donors (Lipinski definition) is 0. The average Bonchev–Trinajstić information content (AvgIpc) is 3.13. The molecule has 5 aromatic carbocycles. The molecule has 0 N–H and O–H groups in total. The van der Waals surface area contributed by atoms with Crippen molar-refractivity contribution in [2.45, 2.75) is 72.1 Å². The second-order valence-corrected chi connectivity index (χ2v) is 13.2. The Morgan fingerprint density at radius 3 is 1.64 bits per heavy atom. The van der Waals surface area contributed by atoms with Crippen LogP contribution in [0.1, 0.15) is 69.1 Å². The summed E-state index contributed by atoms with van der Waals surface area (Å²) in [6.45, 7) is 6.71. The largest absolute Gasteiger partial charge is 0.310 e. The van der Waals surface area contributed by atoms with Crippen LogP contribution in [0.15, 0.2) is 145 Å². The number of unbranched alkanes of at least 4 members (excludes halogenated alkanes) is 2. The van der Waals surface area contributed by atoms with Crippen molar-refractivity contribution in [3.8, 4) is 22.3 Å². The van der Waals surface area contributed by atoms with Gasteiger partial charge in [-0.05, 0) is 121 Å². The predicted octanol–water partition coefficient (Wildman–Crippen LogP) is 13.4. The highest BCUT2D eigenvalue weighted by Crippen LogP contribution is 2.38. The van der Waals surface area contributed by atoms with Crippen molar-refractivity contribution in [2.24, 2.45) is 5.92 Å². The van der Waals surface area contributed by atoms with Crippen LogP contribution in [0.4, 0.5) is 17.1 Å². The summed E-state index contributed by atoms with van der Waals surface area (Å²) in [6, 6.07) is 45.0. The van der Waals surface area contributed by atoms with Gasteiger partial charge in [0, 0.05) is 17.1 Å². The zero-order chi connectivity index (χ0) is 32.4. The van der Waals surface area contributed by atoms with Crippen molar-refractivity contribution in [2.75, 3.05) is 4.90 Å². The number of para-hydroxylation sites is 1. The fourth-order valence-corrected chi connectivity index (χ4v) is 6.65. The third-order valence-corrected chi connectivity index (χ3v) is 9.58. The minimum atomic E-state index is 0.608. The van der Waals surface area contributed by atoms with Gasteiger partial charge in [0.2, 0.25) is 0 Å². The molecule has 0 aliphatic heterocycles. The molecule has 0 saturated heterocycles. The molecule has 1 aliphatic rings. The first-order valence-corrected chi connectivity index (χ1v) is 17.7. The van der Waals surface area contributed by atoms with E-state index in [0.717, 1.165) is 24.9 Å². The maximum Gasteiger partial charge on any atom is 0.0490 e. The molecule has 1 heteroatoms. The second kappa shape index (κ2) is 15.8. The number of aryl methyl sites for hydroxylation is 2. The van der Waals surface area contributed by atoms with Gasteiger partial charge in [-0.2, -0.15) is 0 Å². The van der Waals surface area contributed by atoms with E-state index < -0.39 is 0 Å². The lowest BCUT2D eigenvalue weighted by Gasteiger charge is -2.27. The van der Waals surface area contributed by atoms with Gasteiger partial charge in [-0.1, -0.05) is 141 Å². The van der Waals surface area contributed by atoms with Crippen molar-refractivity contribution in [1.82, 2.24) is 0 Å². The Bertz CT molecular complexity index is 1770. The summed E-state index contributed by atoms with van der Waals surface area (Å²) in [5.41, 5.74) is 14.1. The molecule has 0 bridgehead atoms. The predicted molar refractivity (Wildman–Crippen MR) is 204 cm³/mol. The van der Waals surface area contributed by atoms with Crippen LogP contribution in [0.25, 0.3) is 22.3 Å². The van der Waals surface area contributed by atoms with Crippen LogP contribution < -0.4 is 4.90 Å². The summed E-state index contributed by atoms with van der Waals surface area (Å²) >= 11 is 0. The van der Waals surface area contributed by atoms with E-state index in [4.69, 9.17) is 0 Å². The number of hydrogen-bond acceptors (Lipinski definition) is 1. The molecule has 0 saturated carbocycles. The molecule has 1 unspecified atom stereocenters. The summed E-state index contributed by atoms with van der Waals surface area (Å²) in [4.78, 5) is 2.38. The zero-order valence-corrected chi connectivity index (χ0v) is 28.5. The molecule has 0 heterocycles. The van der Waals surface area contributed by atoms with Gasteiger partial charge in [-0.25, -0.2) is 0 Å². The van der Waals surface area contributed by atoms with Gasteiger partial charge in [0.25, 0.3) is 0 Å². The van der Waals surface area contributed by atoms with E-state index in [1.54, 1.807) is 0 Å². The monoisotopic (exact) mass is 615 g/mol. The molecular formula is C46H49N. The van der Waals surface area contributed by atoms with Crippen LogP contribution >= 0.6 is 0 Å². The van der Waals surface area contributed by atoms with Crippen LogP contribution in [0.2, 0.25) is 0 Å². The quantitative estimate of drug-likeness (QED) is 0.127. The molecule has 1 atom stereocenters. The minimum absolute atomic E-state index is 0.608. The van der Waals surface area contributed by atoms with Gasteiger partial charge in [-0.15, -0.1) is 0 Å². The highest BCUT2D eigenvalue weighted by Gasteiger charge is 2.15. The highest BCUT2D eigenvalue weighted by atomic mass is 15.1. The number of allylic oxidation sites excluding steroid dienone is 4. The number of anilines is 3. The Morgan fingerprint density at radius 1 is 0.574 bits per heavy atom. The van der Waals surface area contributed by atoms with Gasteiger partial charge in [-0.3, -0.25) is 0 Å². The summed E-state index contributed by atoms with van der Waals surface area (Å²) in [6.07, 6.45) is 16.9. The topological polar surface area (TPSA) is 3.24 Å². The molecule has 47 heavy (non-hydrogen) atoms.